The van der Waals surface area contributed by atoms with Crippen LogP contribution in [0.2, 0.25) is 0 Å². The van der Waals surface area contributed by atoms with Crippen LogP contribution in [0.5, 0.6) is 0 Å². The van der Waals surface area contributed by atoms with E-state index < -0.39 is 0 Å². The van der Waals surface area contributed by atoms with Crippen LogP contribution in [0.1, 0.15) is 5.56 Å². The first kappa shape index (κ1) is 14.4. The smallest absolute Gasteiger partial charge is 0.178 e. The second-order valence-electron chi connectivity index (χ2n) is 5.58. The van der Waals surface area contributed by atoms with E-state index in [1.54, 1.807) is 23.1 Å². The van der Waals surface area contributed by atoms with Gasteiger partial charge in [-0.1, -0.05) is 12.1 Å². The van der Waals surface area contributed by atoms with Crippen LogP contribution in [-0.4, -0.2) is 29.8 Å². The van der Waals surface area contributed by atoms with E-state index >= 15 is 0 Å². The Morgan fingerprint density at radius 1 is 1.25 bits per heavy atom. The van der Waals surface area contributed by atoms with Crippen molar-refractivity contribution in [2.45, 2.75) is 6.61 Å². The van der Waals surface area contributed by atoms with E-state index in [-0.39, 0.29) is 6.61 Å². The van der Waals surface area contributed by atoms with Crippen molar-refractivity contribution >= 4 is 16.9 Å². The van der Waals surface area contributed by atoms with Gasteiger partial charge >= 0.3 is 0 Å². The predicted molar refractivity (Wildman–Crippen MR) is 91.9 cm³/mol. The third-order valence-electron chi connectivity index (χ3n) is 4.03. The quantitative estimate of drug-likeness (QED) is 0.501. The number of aromatic amines is 1. The molecule has 4 N–H and O–H groups in total. The first-order valence-corrected chi connectivity index (χ1v) is 7.49. The lowest BCUT2D eigenvalue weighted by Gasteiger charge is -2.10. The first-order chi connectivity index (χ1) is 11.7. The summed E-state index contributed by atoms with van der Waals surface area (Å²) in [6.07, 6.45) is 5.34. The monoisotopic (exact) mass is 320 g/mol. The highest BCUT2D eigenvalue weighted by Crippen LogP contribution is 2.32. The van der Waals surface area contributed by atoms with Crippen LogP contribution < -0.4 is 5.73 Å². The van der Waals surface area contributed by atoms with E-state index in [4.69, 9.17) is 5.73 Å². The van der Waals surface area contributed by atoms with Crippen molar-refractivity contribution in [1.29, 1.82) is 0 Å². The zero-order valence-electron chi connectivity index (χ0n) is 13.1. The molecule has 7 nitrogen and oxygen atoms in total. The lowest BCUT2D eigenvalue weighted by molar-refractivity contribution is 0.283. The molecule has 3 aromatic heterocycles. The van der Waals surface area contributed by atoms with Crippen LogP contribution in [0.3, 0.4) is 0 Å². The molecule has 0 saturated heterocycles. The Balaban J connectivity index is 1.94. The molecule has 0 aliphatic rings. The van der Waals surface area contributed by atoms with Crippen molar-refractivity contribution in [2.24, 2.45) is 7.05 Å². The molecule has 0 spiro atoms. The Labute approximate surface area is 137 Å². The maximum atomic E-state index is 9.69. The van der Waals surface area contributed by atoms with Gasteiger partial charge in [-0.25, -0.2) is 9.97 Å². The summed E-state index contributed by atoms with van der Waals surface area (Å²) in [6, 6.07) is 7.47. The number of hydrogen-bond donors (Lipinski definition) is 3. The number of benzene rings is 1. The molecular formula is C17H16N6O. The Hall–Kier alpha value is -3.19. The Morgan fingerprint density at radius 3 is 2.88 bits per heavy atom. The molecule has 0 aliphatic carbocycles. The predicted octanol–water partition coefficient (Wildman–Crippen LogP) is 2.10. The highest BCUT2D eigenvalue weighted by atomic mass is 16.3. The summed E-state index contributed by atoms with van der Waals surface area (Å²) in [4.78, 5) is 12.2. The van der Waals surface area contributed by atoms with E-state index in [0.717, 1.165) is 22.2 Å². The largest absolute Gasteiger partial charge is 0.398 e. The summed E-state index contributed by atoms with van der Waals surface area (Å²) < 4.78 is 1.72. The molecule has 1 aromatic carbocycles. The van der Waals surface area contributed by atoms with Crippen molar-refractivity contribution < 1.29 is 5.11 Å². The molecule has 0 saturated carbocycles. The number of nitrogens with one attached hydrogen (secondary N) is 1. The van der Waals surface area contributed by atoms with E-state index in [9.17, 15) is 5.11 Å². The van der Waals surface area contributed by atoms with Gasteiger partial charge in [0.25, 0.3) is 0 Å². The molecule has 0 fully saturated rings. The number of imidazole rings is 1. The Bertz CT molecular complexity index is 1030. The molecule has 0 bridgehead atoms. The van der Waals surface area contributed by atoms with E-state index in [1.165, 1.54) is 0 Å². The number of aromatic nitrogens is 5. The van der Waals surface area contributed by atoms with Crippen LogP contribution in [-0.2, 0) is 13.7 Å². The molecule has 0 aliphatic heterocycles. The number of rotatable bonds is 3. The molecule has 0 amide bonds. The van der Waals surface area contributed by atoms with Gasteiger partial charge in [-0.05, 0) is 17.7 Å². The normalized spacial score (nSPS) is 11.2. The zero-order valence-corrected chi connectivity index (χ0v) is 13.1. The fourth-order valence-corrected chi connectivity index (χ4v) is 2.85. The number of nitrogens with zero attached hydrogens (tertiary/aromatic N) is 4. The summed E-state index contributed by atoms with van der Waals surface area (Å²) in [7, 11) is 1.86. The van der Waals surface area contributed by atoms with Gasteiger partial charge in [-0.2, -0.15) is 5.10 Å². The number of pyridine rings is 1. The molecule has 3 heterocycles. The van der Waals surface area contributed by atoms with Gasteiger partial charge in [-0.3, -0.25) is 4.68 Å². The van der Waals surface area contributed by atoms with E-state index in [0.29, 0.717) is 22.7 Å². The molecule has 4 aromatic rings. The van der Waals surface area contributed by atoms with Gasteiger partial charge in [0, 0.05) is 36.3 Å². The van der Waals surface area contributed by atoms with Crippen molar-refractivity contribution in [3.8, 4) is 22.5 Å². The van der Waals surface area contributed by atoms with Gasteiger partial charge in [0.2, 0.25) is 0 Å². The van der Waals surface area contributed by atoms with Crippen LogP contribution in [0.4, 0.5) is 5.69 Å². The molecule has 0 radical (unpaired) electrons. The summed E-state index contributed by atoms with van der Waals surface area (Å²) >= 11 is 0. The van der Waals surface area contributed by atoms with Gasteiger partial charge in [0.15, 0.2) is 5.65 Å². The average molecular weight is 320 g/mol. The van der Waals surface area contributed by atoms with Crippen LogP contribution in [0.15, 0.2) is 42.9 Å². The molecule has 120 valence electrons. The number of fused-ring (bicyclic) bond motifs is 1. The standard InChI is InChI=1S/C17H16N6O/c1-23-8-10(7-20-23)16-21-15-12(5-6-19-17(15)22-16)11-3-2-4-14(18)13(11)9-24/h2-8,24H,9,18H2,1H3,(H,19,21,22). The highest BCUT2D eigenvalue weighted by Gasteiger charge is 2.15. The van der Waals surface area contributed by atoms with Crippen molar-refractivity contribution in [3.63, 3.8) is 0 Å². The maximum absolute atomic E-state index is 9.69. The van der Waals surface area contributed by atoms with Gasteiger partial charge < -0.3 is 15.8 Å². The number of anilines is 1. The molecule has 7 heteroatoms. The van der Waals surface area contributed by atoms with Crippen LogP contribution in [0.25, 0.3) is 33.7 Å². The molecular weight excluding hydrogens is 304 g/mol. The maximum Gasteiger partial charge on any atom is 0.178 e. The Morgan fingerprint density at radius 2 is 2.12 bits per heavy atom. The van der Waals surface area contributed by atoms with Gasteiger partial charge in [-0.15, -0.1) is 0 Å². The highest BCUT2D eigenvalue weighted by molar-refractivity contribution is 5.93. The number of aliphatic hydroxyl groups is 1. The van der Waals surface area contributed by atoms with Crippen molar-refractivity contribution in [1.82, 2.24) is 24.7 Å². The third-order valence-corrected chi connectivity index (χ3v) is 4.03. The number of hydrogen-bond acceptors (Lipinski definition) is 5. The number of nitrogen functional groups attached to an aromatic ring is 1. The van der Waals surface area contributed by atoms with Crippen LogP contribution in [0, 0.1) is 0 Å². The number of aliphatic hydroxyl groups excluding tert-OH is 1. The SMILES string of the molecule is Cn1cc(-c2nc3nccc(-c4cccc(N)c4CO)c3[nH]2)cn1. The zero-order chi connectivity index (χ0) is 16.7. The number of aryl methyl sites for hydroxylation is 1. The molecule has 4 rings (SSSR count). The van der Waals surface area contributed by atoms with E-state index in [1.807, 2.05) is 31.4 Å². The molecule has 0 atom stereocenters. The topological polar surface area (TPSA) is 106 Å². The third kappa shape index (κ3) is 2.22. The molecule has 0 unspecified atom stereocenters. The second-order valence-corrected chi connectivity index (χ2v) is 5.58. The minimum atomic E-state index is -0.130. The molecule has 24 heavy (non-hydrogen) atoms. The summed E-state index contributed by atoms with van der Waals surface area (Å²) in [6.45, 7) is -0.130. The first-order valence-electron chi connectivity index (χ1n) is 7.49. The summed E-state index contributed by atoms with van der Waals surface area (Å²) in [5, 5.41) is 13.9. The lowest BCUT2D eigenvalue weighted by atomic mass is 9.99. The fourth-order valence-electron chi connectivity index (χ4n) is 2.85. The number of H-pyrrole nitrogens is 1. The lowest BCUT2D eigenvalue weighted by Crippen LogP contribution is -1.97. The van der Waals surface area contributed by atoms with Crippen molar-refractivity contribution in [2.75, 3.05) is 5.73 Å². The van der Waals surface area contributed by atoms with Crippen molar-refractivity contribution in [3.05, 3.63) is 48.4 Å². The minimum Gasteiger partial charge on any atom is -0.398 e. The minimum absolute atomic E-state index is 0.130. The summed E-state index contributed by atoms with van der Waals surface area (Å²) in [5.41, 5.74) is 11.3. The van der Waals surface area contributed by atoms with Gasteiger partial charge in [0.1, 0.15) is 5.82 Å². The van der Waals surface area contributed by atoms with E-state index in [2.05, 4.69) is 20.1 Å². The average Bonchev–Trinajstić information content (AvgIpc) is 3.20. The fraction of sp³-hybridized carbons (Fsp3) is 0.118. The Kier molecular flexibility index (Phi) is 3.28. The van der Waals surface area contributed by atoms with Crippen LogP contribution >= 0.6 is 0 Å². The number of nitrogens with two attached hydrogens (primary N) is 1. The summed E-state index contributed by atoms with van der Waals surface area (Å²) in [5.74, 6) is 0.701. The van der Waals surface area contributed by atoms with Gasteiger partial charge in [0.05, 0.1) is 23.9 Å². The second kappa shape index (κ2) is 5.47.